The maximum absolute atomic E-state index is 3.60. The van der Waals surface area contributed by atoms with E-state index in [-0.39, 0.29) is 0 Å². The Kier molecular flexibility index (Phi) is 7.30. The maximum Gasteiger partial charge on any atom is 0.0329 e. The van der Waals surface area contributed by atoms with E-state index in [1.807, 2.05) is 6.92 Å². The van der Waals surface area contributed by atoms with E-state index in [1.54, 1.807) is 0 Å². The quantitative estimate of drug-likeness (QED) is 0.606. The molecular weight excluding hydrogens is 321 g/mol. The molecule has 0 aliphatic carbocycles. The lowest BCUT2D eigenvalue weighted by Crippen LogP contribution is -2.22. The minimum atomic E-state index is 0.436. The number of nitrogens with one attached hydrogen (secondary N) is 1. The lowest BCUT2D eigenvalue weighted by atomic mass is 10.0. The van der Waals surface area contributed by atoms with Gasteiger partial charge in [-0.3, -0.25) is 0 Å². The molecule has 1 N–H and O–H groups in total. The molecule has 0 fully saturated rings. The summed E-state index contributed by atoms with van der Waals surface area (Å²) in [6.45, 7) is 5.17. The summed E-state index contributed by atoms with van der Waals surface area (Å²) in [5, 5.41) is 3.60. The van der Waals surface area contributed by atoms with Gasteiger partial charge in [-0.2, -0.15) is 0 Å². The van der Waals surface area contributed by atoms with Crippen LogP contribution in [0.2, 0.25) is 0 Å². The van der Waals surface area contributed by atoms with E-state index in [0.717, 1.165) is 19.4 Å². The van der Waals surface area contributed by atoms with Crippen LogP contribution >= 0.6 is 22.6 Å². The fraction of sp³-hybridized carbons (Fsp3) is 0.467. The second kappa shape index (κ2) is 8.54. The van der Waals surface area contributed by atoms with Crippen LogP contribution in [0.1, 0.15) is 44.7 Å². The maximum atomic E-state index is 3.60. The second-order valence-electron chi connectivity index (χ2n) is 4.03. The molecule has 17 heavy (non-hydrogen) atoms. The molecule has 1 aromatic carbocycles. The second-order valence-corrected chi connectivity index (χ2v) is 5.27. The van der Waals surface area contributed by atoms with Crippen LogP contribution in [0.4, 0.5) is 0 Å². The van der Waals surface area contributed by atoms with Gasteiger partial charge in [0, 0.05) is 16.0 Å². The van der Waals surface area contributed by atoms with Crippen LogP contribution in [-0.4, -0.2) is 6.54 Å². The van der Waals surface area contributed by atoms with Gasteiger partial charge in [-0.05, 0) is 66.6 Å². The molecule has 0 bridgehead atoms. The minimum absolute atomic E-state index is 0.436. The number of benzene rings is 1. The third-order valence-corrected chi connectivity index (χ3v) is 3.30. The predicted octanol–water partition coefficient (Wildman–Crippen LogP) is 4.14. The Labute approximate surface area is 119 Å². The summed E-state index contributed by atoms with van der Waals surface area (Å²) < 4.78 is 1.30. The Morgan fingerprint density at radius 1 is 1.41 bits per heavy atom. The van der Waals surface area contributed by atoms with Gasteiger partial charge in [-0.15, -0.1) is 11.8 Å². The average Bonchev–Trinajstić information content (AvgIpc) is 2.33. The van der Waals surface area contributed by atoms with Gasteiger partial charge in [0.05, 0.1) is 0 Å². The lowest BCUT2D eigenvalue weighted by molar-refractivity contribution is 0.505. The number of halogens is 1. The van der Waals surface area contributed by atoms with Gasteiger partial charge in [0.1, 0.15) is 0 Å². The molecule has 1 nitrogen and oxygen atoms in total. The molecule has 0 radical (unpaired) electrons. The van der Waals surface area contributed by atoms with Crippen LogP contribution < -0.4 is 5.32 Å². The van der Waals surface area contributed by atoms with Gasteiger partial charge < -0.3 is 5.32 Å². The molecular formula is C15H20IN. The Morgan fingerprint density at radius 3 is 2.88 bits per heavy atom. The highest BCUT2D eigenvalue weighted by Crippen LogP contribution is 2.20. The molecule has 0 aromatic heterocycles. The molecule has 1 unspecified atom stereocenters. The molecule has 92 valence electrons. The first-order valence-electron chi connectivity index (χ1n) is 6.16. The van der Waals surface area contributed by atoms with Crippen molar-refractivity contribution < 1.29 is 0 Å². The van der Waals surface area contributed by atoms with Crippen molar-refractivity contribution in [2.24, 2.45) is 0 Å². The SMILES string of the molecule is CC#CCCC(NCCC)c1cccc(I)c1. The van der Waals surface area contributed by atoms with Gasteiger partial charge in [0.2, 0.25) is 0 Å². The van der Waals surface area contributed by atoms with Gasteiger partial charge in [-0.25, -0.2) is 0 Å². The van der Waals surface area contributed by atoms with E-state index >= 15 is 0 Å². The number of hydrogen-bond donors (Lipinski definition) is 1. The fourth-order valence-electron chi connectivity index (χ4n) is 1.77. The van der Waals surface area contributed by atoms with Crippen molar-refractivity contribution in [3.8, 4) is 11.8 Å². The Hall–Kier alpha value is -0.530. The van der Waals surface area contributed by atoms with Crippen LogP contribution in [0.3, 0.4) is 0 Å². The monoisotopic (exact) mass is 341 g/mol. The molecule has 1 atom stereocenters. The number of rotatable bonds is 6. The molecule has 1 aromatic rings. The summed E-state index contributed by atoms with van der Waals surface area (Å²) in [6, 6.07) is 9.16. The largest absolute Gasteiger partial charge is 0.310 e. The first-order chi connectivity index (χ1) is 8.27. The summed E-state index contributed by atoms with van der Waals surface area (Å²) in [6.07, 6.45) is 3.21. The lowest BCUT2D eigenvalue weighted by Gasteiger charge is -2.18. The first-order valence-corrected chi connectivity index (χ1v) is 7.24. The van der Waals surface area contributed by atoms with Crippen LogP contribution in [0, 0.1) is 15.4 Å². The van der Waals surface area contributed by atoms with E-state index < -0.39 is 0 Å². The Balaban J connectivity index is 2.69. The van der Waals surface area contributed by atoms with Gasteiger partial charge in [-0.1, -0.05) is 19.1 Å². The third-order valence-electron chi connectivity index (χ3n) is 2.63. The zero-order valence-electron chi connectivity index (χ0n) is 10.6. The van der Waals surface area contributed by atoms with E-state index in [1.165, 1.54) is 15.6 Å². The molecule has 0 saturated carbocycles. The van der Waals surface area contributed by atoms with Crippen LogP contribution in [0.25, 0.3) is 0 Å². The van der Waals surface area contributed by atoms with Gasteiger partial charge >= 0.3 is 0 Å². The van der Waals surface area contributed by atoms with Gasteiger partial charge in [0.15, 0.2) is 0 Å². The zero-order chi connectivity index (χ0) is 12.5. The van der Waals surface area contributed by atoms with Crippen molar-refractivity contribution in [1.82, 2.24) is 5.32 Å². The third kappa shape index (κ3) is 5.56. The number of hydrogen-bond acceptors (Lipinski definition) is 1. The summed E-state index contributed by atoms with van der Waals surface area (Å²) >= 11 is 2.37. The summed E-state index contributed by atoms with van der Waals surface area (Å²) in [4.78, 5) is 0. The van der Waals surface area contributed by atoms with E-state index in [4.69, 9.17) is 0 Å². The van der Waals surface area contributed by atoms with Gasteiger partial charge in [0.25, 0.3) is 0 Å². The average molecular weight is 341 g/mol. The normalized spacial score (nSPS) is 11.7. The summed E-state index contributed by atoms with van der Waals surface area (Å²) in [7, 11) is 0. The zero-order valence-corrected chi connectivity index (χ0v) is 12.8. The Morgan fingerprint density at radius 2 is 2.24 bits per heavy atom. The Bertz CT molecular complexity index is 389. The van der Waals surface area contributed by atoms with Crippen molar-refractivity contribution >= 4 is 22.6 Å². The highest BCUT2D eigenvalue weighted by Gasteiger charge is 2.09. The highest BCUT2D eigenvalue weighted by atomic mass is 127. The summed E-state index contributed by atoms with van der Waals surface area (Å²) in [5.74, 6) is 6.11. The molecule has 2 heteroatoms. The molecule has 0 heterocycles. The molecule has 0 spiro atoms. The van der Waals surface area contributed by atoms with Crippen molar-refractivity contribution in [3.63, 3.8) is 0 Å². The molecule has 0 aliphatic rings. The fourth-order valence-corrected chi connectivity index (χ4v) is 2.34. The first kappa shape index (κ1) is 14.5. The van der Waals surface area contributed by atoms with Crippen molar-refractivity contribution in [1.29, 1.82) is 0 Å². The smallest absolute Gasteiger partial charge is 0.0329 e. The molecule has 0 saturated heterocycles. The van der Waals surface area contributed by atoms with Crippen LogP contribution in [0.15, 0.2) is 24.3 Å². The molecule has 1 rings (SSSR count). The molecule has 0 amide bonds. The minimum Gasteiger partial charge on any atom is -0.310 e. The van der Waals surface area contributed by atoms with Crippen LogP contribution in [0.5, 0.6) is 0 Å². The van der Waals surface area contributed by atoms with Crippen molar-refractivity contribution in [2.75, 3.05) is 6.54 Å². The van der Waals surface area contributed by atoms with Crippen LogP contribution in [-0.2, 0) is 0 Å². The topological polar surface area (TPSA) is 12.0 Å². The van der Waals surface area contributed by atoms with E-state index in [2.05, 4.69) is 70.9 Å². The predicted molar refractivity (Wildman–Crippen MR) is 82.9 cm³/mol. The van der Waals surface area contributed by atoms with Crippen molar-refractivity contribution in [2.45, 2.75) is 39.2 Å². The highest BCUT2D eigenvalue weighted by molar-refractivity contribution is 14.1. The van der Waals surface area contributed by atoms with E-state index in [9.17, 15) is 0 Å². The standard InChI is InChI=1S/C15H20IN/c1-3-5-6-10-15(17-11-4-2)13-8-7-9-14(16)12-13/h7-9,12,15,17H,4,6,10-11H2,1-2H3. The molecule has 0 aliphatic heterocycles. The summed E-state index contributed by atoms with van der Waals surface area (Å²) in [5.41, 5.74) is 1.38. The van der Waals surface area contributed by atoms with Crippen molar-refractivity contribution in [3.05, 3.63) is 33.4 Å². The van der Waals surface area contributed by atoms with E-state index in [0.29, 0.717) is 6.04 Å².